The first-order chi connectivity index (χ1) is 11.0. The van der Waals surface area contributed by atoms with E-state index in [1.807, 2.05) is 12.1 Å². The lowest BCUT2D eigenvalue weighted by molar-refractivity contribution is 0.172. The van der Waals surface area contributed by atoms with E-state index in [2.05, 4.69) is 4.40 Å². The van der Waals surface area contributed by atoms with Crippen molar-refractivity contribution >= 4 is 42.9 Å². The standard InChI is InChI=1S/C14H12N2O4S3/c1-16-9-7-10-11(20-5-4-19-10)8-12(9)22-14(16)15-23(17,18)13-3-2-6-21-13/h2-3,6-8H,4-5H2,1H3/b15-14-. The number of rotatable bonds is 2. The van der Waals surface area contributed by atoms with Crippen LogP contribution < -0.4 is 14.3 Å². The maximum atomic E-state index is 12.3. The molecule has 3 aromatic rings. The SMILES string of the molecule is Cn1/c(=N/S(=O)(=O)c2cccs2)sc2cc3c(cc21)OCCO3. The Bertz CT molecular complexity index is 1050. The van der Waals surface area contributed by atoms with Crippen LogP contribution in [0.5, 0.6) is 11.5 Å². The summed E-state index contributed by atoms with van der Waals surface area (Å²) in [6.45, 7) is 1.02. The molecule has 23 heavy (non-hydrogen) atoms. The summed E-state index contributed by atoms with van der Waals surface area (Å²) < 4.78 is 42.7. The van der Waals surface area contributed by atoms with Crippen LogP contribution in [0.25, 0.3) is 10.2 Å². The highest BCUT2D eigenvalue weighted by molar-refractivity contribution is 7.92. The Hall–Kier alpha value is -1.84. The summed E-state index contributed by atoms with van der Waals surface area (Å²) in [5.41, 5.74) is 0.861. The Morgan fingerprint density at radius 3 is 2.65 bits per heavy atom. The fraction of sp³-hybridized carbons (Fsp3) is 0.214. The molecule has 0 amide bonds. The van der Waals surface area contributed by atoms with Gasteiger partial charge >= 0.3 is 0 Å². The first-order valence-electron chi connectivity index (χ1n) is 6.78. The fourth-order valence-electron chi connectivity index (χ4n) is 2.31. The van der Waals surface area contributed by atoms with Crippen molar-refractivity contribution in [1.29, 1.82) is 0 Å². The third-order valence-corrected chi connectivity index (χ3v) is 7.27. The molecule has 4 rings (SSSR count). The van der Waals surface area contributed by atoms with Crippen molar-refractivity contribution in [3.05, 3.63) is 34.4 Å². The zero-order chi connectivity index (χ0) is 16.0. The minimum Gasteiger partial charge on any atom is -0.486 e. The van der Waals surface area contributed by atoms with E-state index in [0.717, 1.165) is 21.6 Å². The smallest absolute Gasteiger partial charge is 0.294 e. The molecule has 2 aromatic heterocycles. The van der Waals surface area contributed by atoms with E-state index in [9.17, 15) is 8.42 Å². The average Bonchev–Trinajstić information content (AvgIpc) is 3.16. The van der Waals surface area contributed by atoms with Crippen LogP contribution in [0.15, 0.2) is 38.3 Å². The summed E-state index contributed by atoms with van der Waals surface area (Å²) in [4.78, 5) is 0.413. The molecule has 6 nitrogen and oxygen atoms in total. The molecule has 0 bridgehead atoms. The molecule has 9 heteroatoms. The molecule has 3 heterocycles. The van der Waals surface area contributed by atoms with E-state index in [1.165, 1.54) is 11.3 Å². The first-order valence-corrected chi connectivity index (χ1v) is 9.92. The molecule has 1 aliphatic heterocycles. The van der Waals surface area contributed by atoms with E-state index in [1.54, 1.807) is 29.1 Å². The van der Waals surface area contributed by atoms with E-state index in [0.29, 0.717) is 29.5 Å². The fourth-order valence-corrected chi connectivity index (χ4v) is 5.53. The number of aromatic nitrogens is 1. The van der Waals surface area contributed by atoms with Crippen LogP contribution >= 0.6 is 22.7 Å². The second kappa shape index (κ2) is 5.36. The van der Waals surface area contributed by atoms with Crippen molar-refractivity contribution in [3.63, 3.8) is 0 Å². The lowest BCUT2D eigenvalue weighted by Gasteiger charge is -2.18. The quantitative estimate of drug-likeness (QED) is 0.696. The van der Waals surface area contributed by atoms with Gasteiger partial charge in [0.25, 0.3) is 10.0 Å². The largest absolute Gasteiger partial charge is 0.486 e. The Kier molecular flexibility index (Phi) is 3.43. The second-order valence-electron chi connectivity index (χ2n) is 4.91. The highest BCUT2D eigenvalue weighted by atomic mass is 32.2. The van der Waals surface area contributed by atoms with Crippen molar-refractivity contribution in [2.24, 2.45) is 11.4 Å². The van der Waals surface area contributed by atoms with Crippen molar-refractivity contribution in [2.75, 3.05) is 13.2 Å². The maximum Gasteiger partial charge on any atom is 0.294 e. The van der Waals surface area contributed by atoms with Gasteiger partial charge < -0.3 is 14.0 Å². The van der Waals surface area contributed by atoms with E-state index in [4.69, 9.17) is 9.47 Å². The Morgan fingerprint density at radius 2 is 1.96 bits per heavy atom. The average molecular weight is 368 g/mol. The number of fused-ring (bicyclic) bond motifs is 2. The van der Waals surface area contributed by atoms with Gasteiger partial charge in [-0.3, -0.25) is 0 Å². The topological polar surface area (TPSA) is 69.9 Å². The number of aryl methyl sites for hydroxylation is 1. The van der Waals surface area contributed by atoms with E-state index >= 15 is 0 Å². The van der Waals surface area contributed by atoms with Crippen LogP contribution in [0.2, 0.25) is 0 Å². The summed E-state index contributed by atoms with van der Waals surface area (Å²) in [7, 11) is -1.90. The van der Waals surface area contributed by atoms with Crippen LogP contribution in [-0.2, 0) is 17.1 Å². The number of hydrogen-bond donors (Lipinski definition) is 0. The van der Waals surface area contributed by atoms with Gasteiger partial charge in [-0.1, -0.05) is 17.4 Å². The number of thiophene rings is 1. The highest BCUT2D eigenvalue weighted by Gasteiger charge is 2.17. The normalized spacial score (nSPS) is 15.3. The number of thiazole rings is 1. The predicted octanol–water partition coefficient (Wildman–Crippen LogP) is 2.36. The minimum atomic E-state index is -3.69. The molecular formula is C14H12N2O4S3. The summed E-state index contributed by atoms with van der Waals surface area (Å²) in [5, 5.41) is 1.72. The number of ether oxygens (including phenoxy) is 2. The highest BCUT2D eigenvalue weighted by Crippen LogP contribution is 2.35. The zero-order valence-corrected chi connectivity index (χ0v) is 14.5. The molecule has 0 unspecified atom stereocenters. The van der Waals surface area contributed by atoms with Gasteiger partial charge in [0, 0.05) is 19.2 Å². The molecule has 0 fully saturated rings. The van der Waals surface area contributed by atoms with Crippen molar-refractivity contribution in [1.82, 2.24) is 4.57 Å². The van der Waals surface area contributed by atoms with Crippen LogP contribution in [-0.4, -0.2) is 26.2 Å². The molecule has 120 valence electrons. The lowest BCUT2D eigenvalue weighted by Crippen LogP contribution is -2.15. The van der Waals surface area contributed by atoms with Gasteiger partial charge in [0.05, 0.1) is 10.2 Å². The Labute approximate surface area is 140 Å². The summed E-state index contributed by atoms with van der Waals surface area (Å²) in [6.07, 6.45) is 0. The third kappa shape index (κ3) is 2.54. The van der Waals surface area contributed by atoms with Gasteiger partial charge in [0.1, 0.15) is 17.4 Å². The van der Waals surface area contributed by atoms with Gasteiger partial charge in [-0.05, 0) is 11.4 Å². The molecule has 1 aliphatic rings. The molecule has 0 atom stereocenters. The molecule has 0 saturated carbocycles. The van der Waals surface area contributed by atoms with Crippen LogP contribution in [0.4, 0.5) is 0 Å². The monoisotopic (exact) mass is 368 g/mol. The zero-order valence-electron chi connectivity index (χ0n) is 12.1. The van der Waals surface area contributed by atoms with Crippen LogP contribution in [0.3, 0.4) is 0 Å². The third-order valence-electron chi connectivity index (χ3n) is 3.42. The van der Waals surface area contributed by atoms with Crippen LogP contribution in [0, 0.1) is 0 Å². The van der Waals surface area contributed by atoms with E-state index in [-0.39, 0.29) is 4.21 Å². The van der Waals surface area contributed by atoms with Gasteiger partial charge in [0.15, 0.2) is 11.5 Å². The molecule has 0 radical (unpaired) electrons. The number of sulfonamides is 1. The Morgan fingerprint density at radius 1 is 1.22 bits per heavy atom. The maximum absolute atomic E-state index is 12.3. The lowest BCUT2D eigenvalue weighted by atomic mass is 10.3. The predicted molar refractivity (Wildman–Crippen MR) is 88.9 cm³/mol. The van der Waals surface area contributed by atoms with Gasteiger partial charge in [-0.2, -0.15) is 8.42 Å². The van der Waals surface area contributed by atoms with Gasteiger partial charge in [-0.25, -0.2) is 0 Å². The molecule has 0 N–H and O–H groups in total. The molecule has 1 aromatic carbocycles. The van der Waals surface area contributed by atoms with Crippen molar-refractivity contribution in [3.8, 4) is 11.5 Å². The van der Waals surface area contributed by atoms with Crippen LogP contribution in [0.1, 0.15) is 0 Å². The summed E-state index contributed by atoms with van der Waals surface area (Å²) in [6, 6.07) is 6.97. The summed E-state index contributed by atoms with van der Waals surface area (Å²) >= 11 is 2.46. The van der Waals surface area contributed by atoms with Crippen molar-refractivity contribution in [2.45, 2.75) is 4.21 Å². The van der Waals surface area contributed by atoms with Gasteiger partial charge in [-0.15, -0.1) is 15.7 Å². The number of hydrogen-bond acceptors (Lipinski definition) is 6. The first kappa shape index (κ1) is 14.7. The molecule has 0 spiro atoms. The minimum absolute atomic E-state index is 0.237. The number of benzene rings is 1. The summed E-state index contributed by atoms with van der Waals surface area (Å²) in [5.74, 6) is 1.35. The van der Waals surface area contributed by atoms with Crippen molar-refractivity contribution < 1.29 is 17.9 Å². The molecule has 0 aliphatic carbocycles. The molecular weight excluding hydrogens is 356 g/mol. The second-order valence-corrected chi connectivity index (χ2v) is 8.69. The Balaban J connectivity index is 1.91. The molecule has 0 saturated heterocycles. The van der Waals surface area contributed by atoms with E-state index < -0.39 is 10.0 Å². The number of nitrogens with zero attached hydrogens (tertiary/aromatic N) is 2. The van der Waals surface area contributed by atoms with Gasteiger partial charge in [0.2, 0.25) is 4.80 Å².